The highest BCUT2D eigenvalue weighted by Crippen LogP contribution is 2.22. The maximum absolute atomic E-state index is 10.9. The minimum Gasteiger partial charge on any atom is -0.489 e. The molecule has 2 N–H and O–H groups in total. The van der Waals surface area contributed by atoms with E-state index in [2.05, 4.69) is 11.9 Å². The molecular weight excluding hydrogens is 392 g/mol. The molecule has 3 rings (SSSR count). The molecule has 0 saturated carbocycles. The van der Waals surface area contributed by atoms with Gasteiger partial charge in [-0.2, -0.15) is 0 Å². The van der Waals surface area contributed by atoms with Crippen LogP contribution in [0.3, 0.4) is 0 Å². The van der Waals surface area contributed by atoms with Crippen molar-refractivity contribution in [1.82, 2.24) is 9.55 Å². The summed E-state index contributed by atoms with van der Waals surface area (Å²) >= 11 is 6.16. The molecule has 29 heavy (non-hydrogen) atoms. The van der Waals surface area contributed by atoms with Gasteiger partial charge in [0.25, 0.3) is 0 Å². The van der Waals surface area contributed by atoms with Gasteiger partial charge in [-0.05, 0) is 41.8 Å². The predicted molar refractivity (Wildman–Crippen MR) is 110 cm³/mol. The largest absolute Gasteiger partial charge is 0.489 e. The number of aromatic carboxylic acids is 1. The van der Waals surface area contributed by atoms with Crippen LogP contribution >= 0.6 is 11.6 Å². The fraction of sp³-hybridized carbons (Fsp3) is 0.273. The van der Waals surface area contributed by atoms with Gasteiger partial charge in [0.1, 0.15) is 18.2 Å². The fourth-order valence-electron chi connectivity index (χ4n) is 3.04. The van der Waals surface area contributed by atoms with Crippen LogP contribution in [0, 0.1) is 0 Å². The van der Waals surface area contributed by atoms with Gasteiger partial charge in [-0.3, -0.25) is 0 Å². The van der Waals surface area contributed by atoms with Crippen LogP contribution in [0.25, 0.3) is 0 Å². The second-order valence-corrected chi connectivity index (χ2v) is 7.05. The highest BCUT2D eigenvalue weighted by molar-refractivity contribution is 6.30. The third kappa shape index (κ3) is 5.16. The van der Waals surface area contributed by atoms with Crippen molar-refractivity contribution in [1.29, 1.82) is 0 Å². The standard InChI is InChI=1S/C22H23ClN2O4/c1-2-3-20-24-21(23)19(13-26)25(20)12-15-6-10-18(11-7-15)29-14-16-4-8-17(9-5-16)22(27)28/h4-11,26H,2-3,12-14H2,1H3,(H,27,28). The Morgan fingerprint density at radius 1 is 1.10 bits per heavy atom. The predicted octanol–water partition coefficient (Wildman–Crippen LogP) is 4.31. The Balaban J connectivity index is 1.65. The number of carboxylic acid groups (broad SMARTS) is 1. The average molecular weight is 415 g/mol. The molecule has 0 radical (unpaired) electrons. The van der Waals surface area contributed by atoms with E-state index in [1.807, 2.05) is 28.8 Å². The van der Waals surface area contributed by atoms with Crippen molar-refractivity contribution in [3.8, 4) is 5.75 Å². The van der Waals surface area contributed by atoms with Gasteiger partial charge in [-0.1, -0.05) is 42.8 Å². The summed E-state index contributed by atoms with van der Waals surface area (Å²) in [6.45, 7) is 2.85. The van der Waals surface area contributed by atoms with E-state index in [9.17, 15) is 9.90 Å². The zero-order valence-corrected chi connectivity index (χ0v) is 16.9. The summed E-state index contributed by atoms with van der Waals surface area (Å²) in [7, 11) is 0. The van der Waals surface area contributed by atoms with Crippen molar-refractivity contribution < 1.29 is 19.7 Å². The molecule has 0 spiro atoms. The number of ether oxygens (including phenoxy) is 1. The zero-order valence-electron chi connectivity index (χ0n) is 16.1. The molecule has 0 aliphatic carbocycles. The molecule has 0 amide bonds. The van der Waals surface area contributed by atoms with E-state index in [4.69, 9.17) is 21.4 Å². The summed E-state index contributed by atoms with van der Waals surface area (Å²) in [5.74, 6) is 0.640. The molecule has 7 heteroatoms. The third-order valence-corrected chi connectivity index (χ3v) is 4.90. The summed E-state index contributed by atoms with van der Waals surface area (Å²) in [5, 5.41) is 18.9. The number of imidazole rings is 1. The van der Waals surface area contributed by atoms with Gasteiger partial charge in [0.05, 0.1) is 17.9 Å². The number of aryl methyl sites for hydroxylation is 1. The topological polar surface area (TPSA) is 84.6 Å². The SMILES string of the molecule is CCCc1nc(Cl)c(CO)n1Cc1ccc(OCc2ccc(C(=O)O)cc2)cc1. The van der Waals surface area contributed by atoms with Crippen LogP contribution in [0.1, 0.15) is 46.3 Å². The Hall–Kier alpha value is -2.83. The molecule has 3 aromatic rings. The van der Waals surface area contributed by atoms with Gasteiger partial charge in [0.15, 0.2) is 5.15 Å². The lowest BCUT2D eigenvalue weighted by atomic mass is 10.1. The summed E-state index contributed by atoms with van der Waals surface area (Å²) in [6, 6.07) is 14.3. The quantitative estimate of drug-likeness (QED) is 0.545. The van der Waals surface area contributed by atoms with Crippen LogP contribution in [-0.4, -0.2) is 25.7 Å². The second kappa shape index (κ2) is 9.58. The molecule has 0 aliphatic rings. The van der Waals surface area contributed by atoms with Crippen LogP contribution in [0.15, 0.2) is 48.5 Å². The number of aliphatic hydroxyl groups excluding tert-OH is 1. The summed E-state index contributed by atoms with van der Waals surface area (Å²) in [5.41, 5.74) is 2.82. The monoisotopic (exact) mass is 414 g/mol. The summed E-state index contributed by atoms with van der Waals surface area (Å²) < 4.78 is 7.75. The molecule has 152 valence electrons. The van der Waals surface area contributed by atoms with E-state index < -0.39 is 5.97 Å². The average Bonchev–Trinajstić information content (AvgIpc) is 3.02. The van der Waals surface area contributed by atoms with Gasteiger partial charge in [-0.15, -0.1) is 0 Å². The van der Waals surface area contributed by atoms with Crippen molar-refractivity contribution in [2.75, 3.05) is 0 Å². The number of nitrogens with zero attached hydrogens (tertiary/aromatic N) is 2. The number of carboxylic acids is 1. The Morgan fingerprint density at radius 2 is 1.76 bits per heavy atom. The number of aliphatic hydroxyl groups is 1. The molecule has 0 unspecified atom stereocenters. The first-order chi connectivity index (χ1) is 14.0. The van der Waals surface area contributed by atoms with Gasteiger partial charge in [-0.25, -0.2) is 9.78 Å². The van der Waals surface area contributed by atoms with Crippen molar-refractivity contribution >= 4 is 17.6 Å². The van der Waals surface area contributed by atoms with Gasteiger partial charge < -0.3 is 19.5 Å². The van der Waals surface area contributed by atoms with E-state index in [-0.39, 0.29) is 12.2 Å². The molecule has 0 fully saturated rings. The van der Waals surface area contributed by atoms with Crippen molar-refractivity contribution in [3.63, 3.8) is 0 Å². The Labute approximate surface area is 174 Å². The maximum atomic E-state index is 10.9. The smallest absolute Gasteiger partial charge is 0.335 e. The number of halogens is 1. The molecule has 0 atom stereocenters. The molecule has 2 aromatic carbocycles. The van der Waals surface area contributed by atoms with Gasteiger partial charge in [0, 0.05) is 13.0 Å². The Kier molecular flexibility index (Phi) is 6.90. The first-order valence-electron chi connectivity index (χ1n) is 9.40. The molecule has 1 aromatic heterocycles. The molecular formula is C22H23ClN2O4. The minimum atomic E-state index is -0.946. The van der Waals surface area contributed by atoms with Crippen molar-refractivity contribution in [3.05, 3.63) is 81.9 Å². The van der Waals surface area contributed by atoms with E-state index in [1.165, 1.54) is 0 Å². The minimum absolute atomic E-state index is 0.155. The third-order valence-electron chi connectivity index (χ3n) is 4.60. The molecule has 6 nitrogen and oxygen atoms in total. The Morgan fingerprint density at radius 3 is 2.34 bits per heavy atom. The maximum Gasteiger partial charge on any atom is 0.335 e. The highest BCUT2D eigenvalue weighted by atomic mass is 35.5. The first kappa shape index (κ1) is 20.9. The fourth-order valence-corrected chi connectivity index (χ4v) is 3.30. The highest BCUT2D eigenvalue weighted by Gasteiger charge is 2.15. The first-order valence-corrected chi connectivity index (χ1v) is 9.78. The van der Waals surface area contributed by atoms with Crippen molar-refractivity contribution in [2.45, 2.75) is 39.5 Å². The van der Waals surface area contributed by atoms with Crippen LogP contribution < -0.4 is 4.74 Å². The van der Waals surface area contributed by atoms with Crippen molar-refractivity contribution in [2.24, 2.45) is 0 Å². The zero-order chi connectivity index (χ0) is 20.8. The second-order valence-electron chi connectivity index (χ2n) is 6.69. The number of aromatic nitrogens is 2. The van der Waals surface area contributed by atoms with E-state index in [1.54, 1.807) is 24.3 Å². The summed E-state index contributed by atoms with van der Waals surface area (Å²) in [4.78, 5) is 15.3. The number of rotatable bonds is 9. The van der Waals surface area contributed by atoms with E-state index >= 15 is 0 Å². The Bertz CT molecular complexity index is 966. The lowest BCUT2D eigenvalue weighted by Gasteiger charge is -2.12. The molecule has 1 heterocycles. The van der Waals surface area contributed by atoms with Crippen LogP contribution in [0.4, 0.5) is 0 Å². The van der Waals surface area contributed by atoms with E-state index in [0.717, 1.165) is 35.5 Å². The number of benzene rings is 2. The molecule has 0 bridgehead atoms. The summed E-state index contributed by atoms with van der Waals surface area (Å²) in [6.07, 6.45) is 1.74. The van der Waals surface area contributed by atoms with Gasteiger partial charge in [0.2, 0.25) is 0 Å². The number of carbonyl (C=O) groups is 1. The number of hydrogen-bond acceptors (Lipinski definition) is 4. The molecule has 0 saturated heterocycles. The van der Waals surface area contributed by atoms with Gasteiger partial charge >= 0.3 is 5.97 Å². The van der Waals surface area contributed by atoms with Crippen LogP contribution in [-0.2, 0) is 26.2 Å². The van der Waals surface area contributed by atoms with E-state index in [0.29, 0.717) is 24.0 Å². The van der Waals surface area contributed by atoms with Crippen LogP contribution in [0.5, 0.6) is 5.75 Å². The lowest BCUT2D eigenvalue weighted by molar-refractivity contribution is 0.0697. The lowest BCUT2D eigenvalue weighted by Crippen LogP contribution is -2.09. The van der Waals surface area contributed by atoms with Crippen LogP contribution in [0.2, 0.25) is 5.15 Å². The normalized spacial score (nSPS) is 10.9. The molecule has 0 aliphatic heterocycles. The number of hydrogen-bond donors (Lipinski definition) is 2.